The number of carboxylic acid groups (broad SMARTS) is 1. The first kappa shape index (κ1) is 68.9. The van der Waals surface area contributed by atoms with Crippen LogP contribution in [0.25, 0.3) is 6.08 Å². The molecule has 4 N–H and O–H groups in total. The molecule has 0 unspecified atom stereocenters. The summed E-state index contributed by atoms with van der Waals surface area (Å²) in [4.78, 5) is 91.0. The molecule has 0 aliphatic carbocycles. The minimum atomic E-state index is -1.02. The molecule has 17 nitrogen and oxygen atoms in total. The van der Waals surface area contributed by atoms with Crippen LogP contribution in [-0.2, 0) is 19.2 Å². The van der Waals surface area contributed by atoms with Crippen molar-refractivity contribution in [1.82, 2.24) is 4.90 Å². The van der Waals surface area contributed by atoms with E-state index < -0.39 is 11.4 Å². The molecule has 460 valence electrons. The Hall–Kier alpha value is -9.86. The number of imide groups is 1. The number of hydrazone groups is 1. The second kappa shape index (κ2) is 29.5. The van der Waals surface area contributed by atoms with Crippen molar-refractivity contribution in [1.29, 1.82) is 0 Å². The number of nitrogens with one attached hydrogen (secondary N) is 2. The summed E-state index contributed by atoms with van der Waals surface area (Å²) in [6.45, 7) is 30.4. The molecule has 3 aliphatic heterocycles. The summed E-state index contributed by atoms with van der Waals surface area (Å²) in [6, 6.07) is 45.3. The number of Topliss-reactive ketones (excluding diaryl/α,β-unsaturated/α-hetero) is 1. The molecule has 3 heterocycles. The number of aromatic carboxylic acids is 1. The van der Waals surface area contributed by atoms with Crippen molar-refractivity contribution in [3.8, 4) is 0 Å². The number of ketones is 1. The lowest BCUT2D eigenvalue weighted by Crippen LogP contribution is -2.45. The number of rotatable bonds is 11. The zero-order chi connectivity index (χ0) is 65.5. The highest BCUT2D eigenvalue weighted by Crippen LogP contribution is 2.36. The van der Waals surface area contributed by atoms with Crippen LogP contribution in [0.5, 0.6) is 0 Å². The maximum atomic E-state index is 12.9. The third kappa shape index (κ3) is 18.6. The normalized spacial score (nSPS) is 14.5. The van der Waals surface area contributed by atoms with E-state index in [1.54, 1.807) is 42.2 Å². The summed E-state index contributed by atoms with van der Waals surface area (Å²) in [6.07, 6.45) is 4.64. The van der Waals surface area contributed by atoms with Gasteiger partial charge in [-0.2, -0.15) is 14.7 Å². The van der Waals surface area contributed by atoms with Gasteiger partial charge in [0.1, 0.15) is 11.4 Å². The van der Waals surface area contributed by atoms with Crippen LogP contribution < -0.4 is 20.5 Å². The van der Waals surface area contributed by atoms with Gasteiger partial charge in [-0.3, -0.25) is 29.5 Å². The van der Waals surface area contributed by atoms with E-state index in [0.717, 1.165) is 40.2 Å². The minimum Gasteiger partial charge on any atom is -0.505 e. The number of aliphatic hydroxyl groups is 1. The number of carboxylic acids is 1. The zero-order valence-corrected chi connectivity index (χ0v) is 53.4. The smallest absolute Gasteiger partial charge is 0.373 e. The van der Waals surface area contributed by atoms with Crippen molar-refractivity contribution in [2.24, 2.45) is 20.5 Å². The molecular weight excluding hydrogens is 1110 g/mol. The SMILES string of the molecule is CC(C)(C)N1C(=O)C(=Nc2cccc(C(=O)O)c2)c2ccccc21.CC1=N/C(=C/c2ccccc2)C(O)=C1C(=O)C(C)(C)C.CCCN1C(=O)c2ccc(NC(C)(C)C)cc2C1=O.Cc1cccc(N/N=C/c2ccc(N(C)C(C)(C)C)cc2)c1.O=C=O. The van der Waals surface area contributed by atoms with E-state index in [4.69, 9.17) is 14.7 Å². The van der Waals surface area contributed by atoms with Crippen LogP contribution in [0.2, 0.25) is 0 Å². The largest absolute Gasteiger partial charge is 0.505 e. The molecule has 0 radical (unpaired) electrons. The number of fused-ring (bicyclic) bond motifs is 2. The highest BCUT2D eigenvalue weighted by molar-refractivity contribution is 6.55. The number of carbonyl (C=O) groups is 5. The number of hydrogen-bond donors (Lipinski definition) is 4. The van der Waals surface area contributed by atoms with Gasteiger partial charge in [0.15, 0.2) is 11.5 Å². The molecular formula is C71H82N8O9. The Kier molecular flexibility index (Phi) is 23.1. The molecule has 3 amide bonds. The number of benzene rings is 6. The van der Waals surface area contributed by atoms with Gasteiger partial charge < -0.3 is 25.3 Å². The highest BCUT2D eigenvalue weighted by atomic mass is 16.4. The Labute approximate surface area is 517 Å². The minimum absolute atomic E-state index is 0.0220. The fraction of sp³-hybridized carbons (Fsp3) is 0.310. The molecule has 0 saturated carbocycles. The van der Waals surface area contributed by atoms with Crippen LogP contribution in [0.1, 0.15) is 157 Å². The number of aryl methyl sites for hydroxylation is 1. The van der Waals surface area contributed by atoms with Gasteiger partial charge in [-0.25, -0.2) is 14.8 Å². The summed E-state index contributed by atoms with van der Waals surface area (Å²) >= 11 is 0. The Morgan fingerprint density at radius 3 is 1.88 bits per heavy atom. The fourth-order valence-electron chi connectivity index (χ4n) is 9.15. The van der Waals surface area contributed by atoms with Crippen LogP contribution >= 0.6 is 0 Å². The molecule has 6 aromatic rings. The average molecular weight is 1190 g/mol. The average Bonchev–Trinajstić information content (AvgIpc) is 1.88. The van der Waals surface area contributed by atoms with Crippen molar-refractivity contribution in [3.63, 3.8) is 0 Å². The molecule has 0 fully saturated rings. The van der Waals surface area contributed by atoms with Gasteiger partial charge in [0.2, 0.25) is 0 Å². The van der Waals surface area contributed by atoms with Gasteiger partial charge in [0, 0.05) is 52.6 Å². The molecule has 0 bridgehead atoms. The monoisotopic (exact) mass is 1190 g/mol. The fourth-order valence-corrected chi connectivity index (χ4v) is 9.15. The number of nitrogens with zero attached hydrogens (tertiary/aromatic N) is 6. The predicted octanol–water partition coefficient (Wildman–Crippen LogP) is 14.6. The number of aliphatic imine (C=N–C) groups is 2. The standard InChI is InChI=1S/C19H25N3.C19H18N2O3.C17H19NO2.C15H20N2O2.CO2/c1-15-7-6-8-17(13-15)21-20-14-16-9-11-18(12-10-16)22(5)19(2,3)4;1-19(2,3)21-15-10-5-4-9-14(15)16(17(21)22)20-13-8-6-7-12(11-13)18(23)24;1-11-14(16(20)17(2,3)4)15(19)13(18-11)10-12-8-6-5-7-9-12;1-5-8-17-13(18)11-7-6-10(16-15(2,3)4)9-12(11)14(17)19;2-1-3/h6-14,21H,1-5H3;4-11H,1-3H3,(H,23,24);5-10,19H,1-4H3;6-7,9,16H,5,8H2,1-4H3;/b20-14+;;13-10+;;. The van der Waals surface area contributed by atoms with Gasteiger partial charge in [0.25, 0.3) is 17.7 Å². The second-order valence-electron chi connectivity index (χ2n) is 25.1. The van der Waals surface area contributed by atoms with Crippen molar-refractivity contribution in [2.75, 3.05) is 34.1 Å². The summed E-state index contributed by atoms with van der Waals surface area (Å²) in [5.41, 5.74) is 13.4. The van der Waals surface area contributed by atoms with E-state index in [-0.39, 0.29) is 57.6 Å². The van der Waals surface area contributed by atoms with E-state index in [1.807, 2.05) is 127 Å². The Bertz CT molecular complexity index is 3710. The number of carbonyl (C=O) groups excluding carboxylic acids is 6. The molecule has 17 heteroatoms. The van der Waals surface area contributed by atoms with E-state index in [9.17, 15) is 29.1 Å². The third-order valence-corrected chi connectivity index (χ3v) is 13.6. The zero-order valence-electron chi connectivity index (χ0n) is 53.4. The quantitative estimate of drug-likeness (QED) is 0.0539. The maximum absolute atomic E-state index is 12.9. The lowest BCUT2D eigenvalue weighted by Gasteiger charge is -2.34. The molecule has 0 aromatic heterocycles. The summed E-state index contributed by atoms with van der Waals surface area (Å²) in [7, 11) is 2.11. The lowest BCUT2D eigenvalue weighted by molar-refractivity contribution is -0.191. The van der Waals surface area contributed by atoms with E-state index in [0.29, 0.717) is 46.1 Å². The first-order chi connectivity index (χ1) is 41.2. The van der Waals surface area contributed by atoms with Gasteiger partial charge in [0.05, 0.1) is 51.3 Å². The Morgan fingerprint density at radius 2 is 1.30 bits per heavy atom. The van der Waals surface area contributed by atoms with Crippen LogP contribution in [0.15, 0.2) is 178 Å². The van der Waals surface area contributed by atoms with Gasteiger partial charge in [-0.15, -0.1) is 0 Å². The van der Waals surface area contributed by atoms with E-state index in [1.165, 1.54) is 28.3 Å². The number of hydrogen-bond acceptors (Lipinski definition) is 14. The topological polar surface area (TPSA) is 231 Å². The number of aliphatic hydroxyl groups excluding tert-OH is 1. The molecule has 3 aliphatic rings. The molecule has 88 heavy (non-hydrogen) atoms. The van der Waals surface area contributed by atoms with Crippen LogP contribution in [0.4, 0.5) is 28.4 Å². The predicted molar refractivity (Wildman–Crippen MR) is 352 cm³/mol. The van der Waals surface area contributed by atoms with Crippen LogP contribution in [0, 0.1) is 12.3 Å². The van der Waals surface area contributed by atoms with Gasteiger partial charge in [-0.1, -0.05) is 107 Å². The van der Waals surface area contributed by atoms with Crippen LogP contribution in [-0.4, -0.2) is 98.6 Å². The third-order valence-electron chi connectivity index (χ3n) is 13.6. The summed E-state index contributed by atoms with van der Waals surface area (Å²) < 4.78 is 0. The molecule has 0 spiro atoms. The van der Waals surface area contributed by atoms with Crippen molar-refractivity contribution in [3.05, 3.63) is 202 Å². The van der Waals surface area contributed by atoms with Gasteiger partial charge >= 0.3 is 12.1 Å². The molecule has 0 atom stereocenters. The highest BCUT2D eigenvalue weighted by Gasteiger charge is 2.40. The number of amides is 3. The van der Waals surface area contributed by atoms with Crippen molar-refractivity contribution < 1.29 is 43.8 Å². The summed E-state index contributed by atoms with van der Waals surface area (Å²) in [5.74, 6) is -1.67. The molecule has 6 aromatic carbocycles. The number of anilines is 4. The lowest BCUT2D eigenvalue weighted by atomic mass is 9.84. The van der Waals surface area contributed by atoms with E-state index in [2.05, 4.69) is 123 Å². The van der Waals surface area contributed by atoms with Crippen molar-refractivity contribution in [2.45, 2.75) is 127 Å². The van der Waals surface area contributed by atoms with E-state index >= 15 is 0 Å². The maximum Gasteiger partial charge on any atom is 0.373 e. The first-order valence-electron chi connectivity index (χ1n) is 28.8. The van der Waals surface area contributed by atoms with Gasteiger partial charge in [-0.05, 0) is 172 Å². The van der Waals surface area contributed by atoms with Crippen LogP contribution in [0.3, 0.4) is 0 Å². The second-order valence-corrected chi connectivity index (χ2v) is 25.1. The van der Waals surface area contributed by atoms with Crippen molar-refractivity contribution >= 4 is 87.8 Å². The Balaban J connectivity index is 0.000000211. The Morgan fingerprint density at radius 1 is 0.682 bits per heavy atom. The molecule has 9 rings (SSSR count). The molecule has 0 saturated heterocycles. The first-order valence-corrected chi connectivity index (χ1v) is 28.8. The number of allylic oxidation sites excluding steroid dienone is 1. The summed E-state index contributed by atoms with van der Waals surface area (Å²) in [5, 5.41) is 27.0. The number of para-hydroxylation sites is 1.